The molecule has 4 heteroatoms. The Balaban J connectivity index is 1.09. The second kappa shape index (κ2) is 9.25. The molecule has 0 unspecified atom stereocenters. The smallest absolute Gasteiger partial charge is 0.231 e. The molecule has 0 bridgehead atoms. The number of piperidine rings is 1. The summed E-state index contributed by atoms with van der Waals surface area (Å²) >= 11 is 0. The molecule has 2 heterocycles. The number of nitrogens with one attached hydrogen (secondary N) is 1. The standard InChI is InChI=1S/C23H30N2O2/c1-2-5-19(6-3-1)15-20-9-13-25(14-10-20)12-4-11-24-17-21-7-8-22-23(16-21)27-18-26-22/h1-3,5-8,16,20,24H,4,9-15,17-18H2. The van der Waals surface area contributed by atoms with E-state index in [1.165, 1.54) is 56.4 Å². The first-order valence-corrected chi connectivity index (χ1v) is 10.2. The third-order valence-electron chi connectivity index (χ3n) is 5.67. The SMILES string of the molecule is c1ccc(CC2CCN(CCCNCc3ccc4c(c3)OCO4)CC2)cc1. The predicted molar refractivity (Wildman–Crippen MR) is 108 cm³/mol. The van der Waals surface area contributed by atoms with Crippen molar-refractivity contribution in [1.29, 1.82) is 0 Å². The van der Waals surface area contributed by atoms with Gasteiger partial charge in [0.15, 0.2) is 11.5 Å². The Morgan fingerprint density at radius 3 is 2.59 bits per heavy atom. The lowest BCUT2D eigenvalue weighted by molar-refractivity contribution is 0.174. The molecule has 2 aromatic carbocycles. The highest BCUT2D eigenvalue weighted by atomic mass is 16.7. The van der Waals surface area contributed by atoms with E-state index < -0.39 is 0 Å². The van der Waals surface area contributed by atoms with E-state index in [-0.39, 0.29) is 0 Å². The first-order valence-electron chi connectivity index (χ1n) is 10.2. The lowest BCUT2D eigenvalue weighted by Gasteiger charge is -2.32. The number of likely N-dealkylation sites (tertiary alicyclic amines) is 1. The summed E-state index contributed by atoms with van der Waals surface area (Å²) in [5.74, 6) is 2.58. The lowest BCUT2D eigenvalue weighted by atomic mass is 9.90. The van der Waals surface area contributed by atoms with E-state index in [0.29, 0.717) is 6.79 Å². The van der Waals surface area contributed by atoms with Crippen molar-refractivity contribution < 1.29 is 9.47 Å². The molecule has 1 N–H and O–H groups in total. The van der Waals surface area contributed by atoms with Crippen LogP contribution in [0.3, 0.4) is 0 Å². The zero-order chi connectivity index (χ0) is 18.3. The van der Waals surface area contributed by atoms with Crippen LogP contribution in [0.15, 0.2) is 48.5 Å². The Bertz CT molecular complexity index is 712. The molecule has 2 aromatic rings. The van der Waals surface area contributed by atoms with Crippen LogP contribution in [0.1, 0.15) is 30.4 Å². The minimum absolute atomic E-state index is 0.342. The number of nitrogens with zero attached hydrogens (tertiary/aromatic N) is 1. The van der Waals surface area contributed by atoms with Crippen LogP contribution in [0, 0.1) is 5.92 Å². The molecule has 0 radical (unpaired) electrons. The van der Waals surface area contributed by atoms with E-state index in [9.17, 15) is 0 Å². The third-order valence-corrected chi connectivity index (χ3v) is 5.67. The summed E-state index contributed by atoms with van der Waals surface area (Å²) in [7, 11) is 0. The summed E-state index contributed by atoms with van der Waals surface area (Å²) in [6.07, 6.45) is 5.11. The van der Waals surface area contributed by atoms with Crippen molar-refractivity contribution in [1.82, 2.24) is 10.2 Å². The maximum absolute atomic E-state index is 5.44. The Morgan fingerprint density at radius 1 is 0.926 bits per heavy atom. The Morgan fingerprint density at radius 2 is 1.74 bits per heavy atom. The molecule has 144 valence electrons. The van der Waals surface area contributed by atoms with Gasteiger partial charge in [0, 0.05) is 6.54 Å². The molecular weight excluding hydrogens is 336 g/mol. The van der Waals surface area contributed by atoms with Gasteiger partial charge < -0.3 is 19.7 Å². The van der Waals surface area contributed by atoms with Gasteiger partial charge in [0.2, 0.25) is 6.79 Å². The van der Waals surface area contributed by atoms with Gasteiger partial charge in [-0.3, -0.25) is 0 Å². The molecule has 4 rings (SSSR count). The number of fused-ring (bicyclic) bond motifs is 1. The molecule has 2 aliphatic heterocycles. The first kappa shape index (κ1) is 18.3. The summed E-state index contributed by atoms with van der Waals surface area (Å²) in [4.78, 5) is 2.63. The van der Waals surface area contributed by atoms with E-state index in [0.717, 1.165) is 30.5 Å². The van der Waals surface area contributed by atoms with Crippen molar-refractivity contribution in [3.63, 3.8) is 0 Å². The minimum atomic E-state index is 0.342. The van der Waals surface area contributed by atoms with Gasteiger partial charge in [-0.2, -0.15) is 0 Å². The fourth-order valence-corrected chi connectivity index (χ4v) is 4.07. The predicted octanol–water partition coefficient (Wildman–Crippen LogP) is 3.85. The highest BCUT2D eigenvalue weighted by molar-refractivity contribution is 5.44. The van der Waals surface area contributed by atoms with Crippen LogP contribution in [-0.2, 0) is 13.0 Å². The molecule has 1 fully saturated rings. The summed E-state index contributed by atoms with van der Waals surface area (Å²) < 4.78 is 10.8. The third kappa shape index (κ3) is 5.24. The van der Waals surface area contributed by atoms with Gasteiger partial charge in [0.1, 0.15) is 0 Å². The largest absolute Gasteiger partial charge is 0.454 e. The molecular formula is C23H30N2O2. The minimum Gasteiger partial charge on any atom is -0.454 e. The lowest BCUT2D eigenvalue weighted by Crippen LogP contribution is -2.36. The van der Waals surface area contributed by atoms with Crippen LogP contribution < -0.4 is 14.8 Å². The molecule has 2 aliphatic rings. The molecule has 0 spiro atoms. The Labute approximate surface area is 162 Å². The Kier molecular flexibility index (Phi) is 6.28. The van der Waals surface area contributed by atoms with Crippen molar-refractivity contribution in [3.05, 3.63) is 59.7 Å². The van der Waals surface area contributed by atoms with Gasteiger partial charge in [-0.1, -0.05) is 36.4 Å². The number of ether oxygens (including phenoxy) is 2. The topological polar surface area (TPSA) is 33.7 Å². The van der Waals surface area contributed by atoms with Crippen molar-refractivity contribution in [2.75, 3.05) is 33.0 Å². The van der Waals surface area contributed by atoms with Gasteiger partial charge in [-0.25, -0.2) is 0 Å². The fourth-order valence-electron chi connectivity index (χ4n) is 4.07. The second-order valence-corrected chi connectivity index (χ2v) is 7.69. The average molecular weight is 367 g/mol. The van der Waals surface area contributed by atoms with E-state index in [1.54, 1.807) is 0 Å². The number of hydrogen-bond donors (Lipinski definition) is 1. The molecule has 0 amide bonds. The molecule has 0 atom stereocenters. The summed E-state index contributed by atoms with van der Waals surface area (Å²) in [5, 5.41) is 3.55. The van der Waals surface area contributed by atoms with Crippen LogP contribution in [0.2, 0.25) is 0 Å². The van der Waals surface area contributed by atoms with Gasteiger partial charge >= 0.3 is 0 Å². The molecule has 0 saturated carbocycles. The van der Waals surface area contributed by atoms with E-state index in [4.69, 9.17) is 9.47 Å². The summed E-state index contributed by atoms with van der Waals surface area (Å²) in [6, 6.07) is 17.1. The second-order valence-electron chi connectivity index (χ2n) is 7.69. The van der Waals surface area contributed by atoms with Crippen LogP contribution in [0.5, 0.6) is 11.5 Å². The van der Waals surface area contributed by atoms with Crippen LogP contribution in [-0.4, -0.2) is 37.9 Å². The maximum atomic E-state index is 5.44. The van der Waals surface area contributed by atoms with Crippen LogP contribution >= 0.6 is 0 Å². The average Bonchev–Trinajstić information content (AvgIpc) is 3.18. The highest BCUT2D eigenvalue weighted by Crippen LogP contribution is 2.32. The van der Waals surface area contributed by atoms with Crippen molar-refractivity contribution in [2.45, 2.75) is 32.2 Å². The Hall–Kier alpha value is -2.04. The number of hydrogen-bond acceptors (Lipinski definition) is 4. The summed E-state index contributed by atoms with van der Waals surface area (Å²) in [6.45, 7) is 5.98. The normalized spacial score (nSPS) is 17.3. The maximum Gasteiger partial charge on any atom is 0.231 e. The van der Waals surface area contributed by atoms with Crippen molar-refractivity contribution in [3.8, 4) is 11.5 Å². The van der Waals surface area contributed by atoms with Crippen LogP contribution in [0.4, 0.5) is 0 Å². The van der Waals surface area contributed by atoms with Gasteiger partial charge in [0.05, 0.1) is 0 Å². The van der Waals surface area contributed by atoms with Crippen LogP contribution in [0.25, 0.3) is 0 Å². The molecule has 0 aliphatic carbocycles. The number of rotatable bonds is 8. The molecule has 4 nitrogen and oxygen atoms in total. The summed E-state index contributed by atoms with van der Waals surface area (Å²) in [5.41, 5.74) is 2.74. The molecule has 0 aromatic heterocycles. The van der Waals surface area contributed by atoms with E-state index in [1.807, 2.05) is 6.07 Å². The van der Waals surface area contributed by atoms with Crippen molar-refractivity contribution >= 4 is 0 Å². The monoisotopic (exact) mass is 366 g/mol. The highest BCUT2D eigenvalue weighted by Gasteiger charge is 2.19. The van der Waals surface area contributed by atoms with Crippen molar-refractivity contribution in [2.24, 2.45) is 5.92 Å². The van der Waals surface area contributed by atoms with Gasteiger partial charge in [-0.05, 0) is 81.0 Å². The van der Waals surface area contributed by atoms with Gasteiger partial charge in [0.25, 0.3) is 0 Å². The molecule has 1 saturated heterocycles. The first-order chi connectivity index (χ1) is 13.4. The van der Waals surface area contributed by atoms with E-state index in [2.05, 4.69) is 52.7 Å². The fraction of sp³-hybridized carbons (Fsp3) is 0.478. The zero-order valence-corrected chi connectivity index (χ0v) is 16.0. The number of benzene rings is 2. The zero-order valence-electron chi connectivity index (χ0n) is 16.0. The van der Waals surface area contributed by atoms with E-state index >= 15 is 0 Å². The molecule has 27 heavy (non-hydrogen) atoms. The quantitative estimate of drug-likeness (QED) is 0.720. The van der Waals surface area contributed by atoms with Gasteiger partial charge in [-0.15, -0.1) is 0 Å².